The highest BCUT2D eigenvalue weighted by atomic mass is 32.1. The number of nitrogens with one attached hydrogen (secondary N) is 1. The summed E-state index contributed by atoms with van der Waals surface area (Å²) in [6.07, 6.45) is 4.93. The van der Waals surface area contributed by atoms with E-state index in [1.165, 1.54) is 35.6 Å². The lowest BCUT2D eigenvalue weighted by molar-refractivity contribution is 0.0955. The molecule has 0 radical (unpaired) electrons. The number of carbonyl (C=O) groups excluding carboxylic acids is 2. The summed E-state index contributed by atoms with van der Waals surface area (Å²) in [5.41, 5.74) is 2.27. The Hall–Kier alpha value is -3.06. The number of thiophene rings is 1. The second-order valence-corrected chi connectivity index (χ2v) is 7.64. The van der Waals surface area contributed by atoms with Crippen LogP contribution in [0.4, 0.5) is 10.1 Å². The van der Waals surface area contributed by atoms with Gasteiger partial charge in [0.2, 0.25) is 0 Å². The average Bonchev–Trinajstić information content (AvgIpc) is 3.30. The van der Waals surface area contributed by atoms with Crippen molar-refractivity contribution in [3.8, 4) is 0 Å². The zero-order valence-electron chi connectivity index (χ0n) is 15.0. The first kappa shape index (κ1) is 18.3. The van der Waals surface area contributed by atoms with Crippen LogP contribution < -0.4 is 10.2 Å². The van der Waals surface area contributed by atoms with E-state index in [0.29, 0.717) is 30.0 Å². The van der Waals surface area contributed by atoms with E-state index in [1.807, 2.05) is 12.1 Å². The molecule has 4 rings (SSSR count). The van der Waals surface area contributed by atoms with Gasteiger partial charge in [0.1, 0.15) is 5.82 Å². The molecule has 0 aliphatic carbocycles. The minimum absolute atomic E-state index is 0.141. The zero-order valence-corrected chi connectivity index (χ0v) is 15.8. The Morgan fingerprint density at radius 1 is 1.21 bits per heavy atom. The number of carbonyl (C=O) groups is 2. The predicted octanol–water partition coefficient (Wildman–Crippen LogP) is 3.46. The molecule has 0 saturated heterocycles. The molecule has 2 aromatic heterocycles. The molecule has 7 heteroatoms. The smallest absolute Gasteiger partial charge is 0.261 e. The summed E-state index contributed by atoms with van der Waals surface area (Å²) in [6.45, 7) is 1.09. The fourth-order valence-corrected chi connectivity index (χ4v) is 4.25. The number of nitrogens with zero attached hydrogens (tertiary/aromatic N) is 2. The van der Waals surface area contributed by atoms with Crippen LogP contribution in [0.3, 0.4) is 0 Å². The SMILES string of the molecule is O=C(NCCc1cccnc1)c1cc2c(s1)CCN2C(=O)c1ccc(F)cc1. The first-order valence-corrected chi connectivity index (χ1v) is 9.81. The topological polar surface area (TPSA) is 62.3 Å². The van der Waals surface area contributed by atoms with Crippen molar-refractivity contribution in [3.05, 3.63) is 81.6 Å². The van der Waals surface area contributed by atoms with Gasteiger partial charge in [-0.25, -0.2) is 4.39 Å². The zero-order chi connectivity index (χ0) is 19.5. The molecule has 0 spiro atoms. The fourth-order valence-electron chi connectivity index (χ4n) is 3.19. The van der Waals surface area contributed by atoms with E-state index in [9.17, 15) is 14.0 Å². The van der Waals surface area contributed by atoms with Gasteiger partial charge in [0.15, 0.2) is 0 Å². The molecule has 0 atom stereocenters. The standard InChI is InChI=1S/C21H18FN3O2S/c22-16-5-3-15(4-6-16)21(27)25-11-8-18-17(25)12-19(28-18)20(26)24-10-7-14-2-1-9-23-13-14/h1-6,9,12-13H,7-8,10-11H2,(H,24,26). The van der Waals surface area contributed by atoms with Gasteiger partial charge >= 0.3 is 0 Å². The molecule has 1 aliphatic rings. The molecule has 1 aromatic carbocycles. The van der Waals surface area contributed by atoms with Crippen molar-refractivity contribution < 1.29 is 14.0 Å². The molecule has 1 N–H and O–H groups in total. The third-order valence-electron chi connectivity index (χ3n) is 4.62. The number of fused-ring (bicyclic) bond motifs is 1. The quantitative estimate of drug-likeness (QED) is 0.720. The molecule has 0 fully saturated rings. The summed E-state index contributed by atoms with van der Waals surface area (Å²) >= 11 is 1.42. The first-order valence-electron chi connectivity index (χ1n) is 8.99. The second-order valence-electron chi connectivity index (χ2n) is 6.50. The van der Waals surface area contributed by atoms with Crippen molar-refractivity contribution in [1.29, 1.82) is 0 Å². The maximum Gasteiger partial charge on any atom is 0.261 e. The second kappa shape index (κ2) is 7.90. The van der Waals surface area contributed by atoms with E-state index >= 15 is 0 Å². The molecule has 142 valence electrons. The molecular weight excluding hydrogens is 377 g/mol. The van der Waals surface area contributed by atoms with Gasteiger partial charge in [0.05, 0.1) is 10.6 Å². The molecule has 28 heavy (non-hydrogen) atoms. The van der Waals surface area contributed by atoms with Crippen molar-refractivity contribution in [3.63, 3.8) is 0 Å². The number of anilines is 1. The summed E-state index contributed by atoms with van der Waals surface area (Å²) in [4.78, 5) is 32.5. The number of rotatable bonds is 5. The van der Waals surface area contributed by atoms with Crippen molar-refractivity contribution in [2.45, 2.75) is 12.8 Å². The van der Waals surface area contributed by atoms with Crippen LogP contribution in [0.5, 0.6) is 0 Å². The number of hydrogen-bond donors (Lipinski definition) is 1. The predicted molar refractivity (Wildman–Crippen MR) is 106 cm³/mol. The van der Waals surface area contributed by atoms with E-state index in [2.05, 4.69) is 10.3 Å². The minimum Gasteiger partial charge on any atom is -0.351 e. The molecule has 1 aliphatic heterocycles. The van der Waals surface area contributed by atoms with Gasteiger partial charge < -0.3 is 10.2 Å². The number of halogens is 1. The van der Waals surface area contributed by atoms with Crippen molar-refractivity contribution in [2.75, 3.05) is 18.0 Å². The molecule has 0 saturated carbocycles. The molecule has 3 heterocycles. The van der Waals surface area contributed by atoms with Gasteiger partial charge in [-0.2, -0.15) is 0 Å². The maximum absolute atomic E-state index is 13.1. The third kappa shape index (κ3) is 3.80. The van der Waals surface area contributed by atoms with Crippen LogP contribution in [-0.4, -0.2) is 29.9 Å². The van der Waals surface area contributed by atoms with Gasteiger partial charge in [-0.05, 0) is 48.4 Å². The molecule has 3 aromatic rings. The maximum atomic E-state index is 13.1. The van der Waals surface area contributed by atoms with Crippen LogP contribution in [0.15, 0.2) is 54.9 Å². The van der Waals surface area contributed by atoms with Crippen LogP contribution in [-0.2, 0) is 12.8 Å². The van der Waals surface area contributed by atoms with Crippen LogP contribution in [0.25, 0.3) is 0 Å². The number of aromatic nitrogens is 1. The van der Waals surface area contributed by atoms with E-state index in [-0.39, 0.29) is 17.6 Å². The number of amides is 2. The van der Waals surface area contributed by atoms with Gasteiger partial charge in [-0.3, -0.25) is 14.6 Å². The Labute approximate surface area is 165 Å². The lowest BCUT2D eigenvalue weighted by Gasteiger charge is -2.16. The van der Waals surface area contributed by atoms with Crippen LogP contribution in [0.1, 0.15) is 30.5 Å². The van der Waals surface area contributed by atoms with E-state index in [0.717, 1.165) is 22.5 Å². The van der Waals surface area contributed by atoms with Crippen molar-refractivity contribution >= 4 is 28.8 Å². The minimum atomic E-state index is -0.376. The normalized spacial score (nSPS) is 12.7. The largest absolute Gasteiger partial charge is 0.351 e. The summed E-state index contributed by atoms with van der Waals surface area (Å²) in [5.74, 6) is -0.697. The number of hydrogen-bond acceptors (Lipinski definition) is 4. The van der Waals surface area contributed by atoms with E-state index < -0.39 is 0 Å². The fraction of sp³-hybridized carbons (Fsp3) is 0.190. The Morgan fingerprint density at radius 3 is 2.79 bits per heavy atom. The molecule has 0 bridgehead atoms. The summed E-state index contributed by atoms with van der Waals surface area (Å²) in [6, 6.07) is 11.1. The molecule has 0 unspecified atom stereocenters. The van der Waals surface area contributed by atoms with E-state index in [4.69, 9.17) is 0 Å². The highest BCUT2D eigenvalue weighted by molar-refractivity contribution is 7.14. The van der Waals surface area contributed by atoms with Crippen LogP contribution in [0.2, 0.25) is 0 Å². The van der Waals surface area contributed by atoms with Crippen molar-refractivity contribution in [1.82, 2.24) is 10.3 Å². The highest BCUT2D eigenvalue weighted by Gasteiger charge is 2.29. The lowest BCUT2D eigenvalue weighted by atomic mass is 10.2. The van der Waals surface area contributed by atoms with E-state index in [1.54, 1.807) is 23.4 Å². The number of benzene rings is 1. The Morgan fingerprint density at radius 2 is 2.04 bits per heavy atom. The molecular formula is C21H18FN3O2S. The van der Waals surface area contributed by atoms with Gasteiger partial charge in [0.25, 0.3) is 11.8 Å². The molecule has 5 nitrogen and oxygen atoms in total. The molecule has 2 amide bonds. The first-order chi connectivity index (χ1) is 13.6. The summed E-state index contributed by atoms with van der Waals surface area (Å²) in [5, 5.41) is 2.92. The lowest BCUT2D eigenvalue weighted by Crippen LogP contribution is -2.29. The Kier molecular flexibility index (Phi) is 5.16. The summed E-state index contributed by atoms with van der Waals surface area (Å²) < 4.78 is 13.1. The van der Waals surface area contributed by atoms with Gasteiger partial charge in [-0.1, -0.05) is 6.07 Å². The summed E-state index contributed by atoms with van der Waals surface area (Å²) in [7, 11) is 0. The van der Waals surface area contributed by atoms with Gasteiger partial charge in [-0.15, -0.1) is 11.3 Å². The Balaban J connectivity index is 1.42. The average molecular weight is 395 g/mol. The monoisotopic (exact) mass is 395 g/mol. The Bertz CT molecular complexity index is 1000. The van der Waals surface area contributed by atoms with Gasteiger partial charge in [0, 0.05) is 42.3 Å². The van der Waals surface area contributed by atoms with Crippen molar-refractivity contribution in [2.24, 2.45) is 0 Å². The third-order valence-corrected chi connectivity index (χ3v) is 5.80. The van der Waals surface area contributed by atoms with Crippen LogP contribution in [0, 0.1) is 5.82 Å². The van der Waals surface area contributed by atoms with Crippen LogP contribution >= 0.6 is 11.3 Å². The number of pyridine rings is 1. The highest BCUT2D eigenvalue weighted by Crippen LogP contribution is 2.36.